The summed E-state index contributed by atoms with van der Waals surface area (Å²) < 4.78 is 10.3. The van der Waals surface area contributed by atoms with Crippen molar-refractivity contribution in [3.8, 4) is 5.75 Å². The number of aryl methyl sites for hydroxylation is 2. The van der Waals surface area contributed by atoms with Gasteiger partial charge in [-0.15, -0.1) is 0 Å². The summed E-state index contributed by atoms with van der Waals surface area (Å²) in [5, 5.41) is 4.52. The Morgan fingerprint density at radius 2 is 1.66 bits per heavy atom. The van der Waals surface area contributed by atoms with Crippen LogP contribution in [-0.2, 0) is 15.1 Å². The summed E-state index contributed by atoms with van der Waals surface area (Å²) in [6.07, 6.45) is 0. The summed E-state index contributed by atoms with van der Waals surface area (Å²) >= 11 is 0. The van der Waals surface area contributed by atoms with Crippen molar-refractivity contribution in [2.24, 2.45) is 0 Å². The molecule has 1 aromatic heterocycles. The molecular weight excluding hydrogens is 450 g/mol. The molecule has 1 aliphatic rings. The predicted molar refractivity (Wildman–Crippen MR) is 129 cm³/mol. The van der Waals surface area contributed by atoms with Gasteiger partial charge in [-0.05, 0) is 62.2 Å². The Bertz CT molecular complexity index is 1370. The number of H-pyrrole nitrogens is 1. The van der Waals surface area contributed by atoms with E-state index in [0.717, 1.165) is 15.7 Å². The maximum Gasteiger partial charge on any atom is 0.340 e. The lowest BCUT2D eigenvalue weighted by Crippen LogP contribution is -2.41. The third-order valence-corrected chi connectivity index (χ3v) is 6.33. The summed E-state index contributed by atoms with van der Waals surface area (Å²) in [5.74, 6) is -1.00. The molecule has 4 rings (SSSR count). The van der Waals surface area contributed by atoms with E-state index in [1.807, 2.05) is 30.3 Å². The van der Waals surface area contributed by atoms with Crippen molar-refractivity contribution in [3.63, 3.8) is 0 Å². The molecule has 2 heterocycles. The van der Waals surface area contributed by atoms with Gasteiger partial charge in [-0.1, -0.05) is 18.2 Å². The molecule has 0 unspecified atom stereocenters. The minimum atomic E-state index is -1.35. The minimum Gasteiger partial charge on any atom is -0.497 e. The Labute approximate surface area is 202 Å². The standard InChI is InChI=1S/C26H27N3O6/c1-6-35-23(31)22-15(3)27-14(2)21(22)20(30)13-29-24(32)26(4,28-25(29)33)18-9-7-17-12-19(34-5)10-8-16(17)11-18/h7-12,27H,6,13H2,1-5H3,(H,28,33)/t26-/m1/s1. The molecule has 0 saturated carbocycles. The zero-order valence-corrected chi connectivity index (χ0v) is 20.3. The normalized spacial score (nSPS) is 17.6. The number of ketones is 1. The molecule has 1 saturated heterocycles. The van der Waals surface area contributed by atoms with Crippen LogP contribution in [0.5, 0.6) is 5.75 Å². The molecule has 1 aliphatic heterocycles. The number of rotatable bonds is 7. The fraction of sp³-hybridized carbons (Fsp3) is 0.308. The Morgan fingerprint density at radius 1 is 1.00 bits per heavy atom. The summed E-state index contributed by atoms with van der Waals surface area (Å²) in [6, 6.07) is 10.3. The Kier molecular flexibility index (Phi) is 6.10. The molecule has 1 atom stereocenters. The zero-order valence-electron chi connectivity index (χ0n) is 20.3. The number of hydrogen-bond acceptors (Lipinski definition) is 6. The monoisotopic (exact) mass is 477 g/mol. The lowest BCUT2D eigenvalue weighted by atomic mass is 9.90. The van der Waals surface area contributed by atoms with Gasteiger partial charge in [0.2, 0.25) is 0 Å². The highest BCUT2D eigenvalue weighted by Crippen LogP contribution is 2.32. The molecular formula is C26H27N3O6. The highest BCUT2D eigenvalue weighted by Gasteiger charge is 2.49. The molecule has 2 N–H and O–H groups in total. The summed E-state index contributed by atoms with van der Waals surface area (Å²) in [7, 11) is 1.59. The number of nitrogens with one attached hydrogen (secondary N) is 2. The number of amides is 3. The Morgan fingerprint density at radius 3 is 2.34 bits per heavy atom. The number of benzene rings is 2. The molecule has 9 nitrogen and oxygen atoms in total. The molecule has 0 aliphatic carbocycles. The average Bonchev–Trinajstić information content (AvgIpc) is 3.25. The number of aromatic amines is 1. The van der Waals surface area contributed by atoms with Crippen LogP contribution in [0.2, 0.25) is 0 Å². The first-order valence-corrected chi connectivity index (χ1v) is 11.2. The first-order chi connectivity index (χ1) is 16.6. The Balaban J connectivity index is 1.63. The number of urea groups is 1. The summed E-state index contributed by atoms with van der Waals surface area (Å²) in [6.45, 7) is 6.25. The second-order valence-corrected chi connectivity index (χ2v) is 8.64. The average molecular weight is 478 g/mol. The van der Waals surface area contributed by atoms with E-state index >= 15 is 0 Å². The summed E-state index contributed by atoms with van der Waals surface area (Å²) in [5.41, 5.74) is 0.432. The van der Waals surface area contributed by atoms with Crippen molar-refractivity contribution in [3.05, 3.63) is 64.5 Å². The molecule has 9 heteroatoms. The van der Waals surface area contributed by atoms with E-state index < -0.39 is 35.8 Å². The molecule has 1 fully saturated rings. The number of Topliss-reactive ketones (excluding diaryl/α,β-unsaturated/α-hetero) is 1. The second kappa shape index (κ2) is 8.90. The third-order valence-electron chi connectivity index (χ3n) is 6.33. The highest BCUT2D eigenvalue weighted by molar-refractivity contribution is 6.14. The van der Waals surface area contributed by atoms with Gasteiger partial charge in [0.1, 0.15) is 11.3 Å². The SMILES string of the molecule is CCOC(=O)c1c(C)[nH]c(C)c1C(=O)CN1C(=O)N[C@](C)(c2ccc3cc(OC)ccc3c2)C1=O. The van der Waals surface area contributed by atoms with Crippen molar-refractivity contribution in [1.29, 1.82) is 0 Å². The fourth-order valence-corrected chi connectivity index (χ4v) is 4.51. The number of methoxy groups -OCH3 is 1. The Hall–Kier alpha value is -4.14. The van der Waals surface area contributed by atoms with E-state index in [2.05, 4.69) is 10.3 Å². The number of imide groups is 1. The molecule has 2 aromatic carbocycles. The van der Waals surface area contributed by atoms with E-state index in [0.29, 0.717) is 22.7 Å². The van der Waals surface area contributed by atoms with Crippen LogP contribution in [0.1, 0.15) is 51.5 Å². The van der Waals surface area contributed by atoms with Crippen LogP contribution in [0.4, 0.5) is 4.79 Å². The number of ether oxygens (including phenoxy) is 2. The fourth-order valence-electron chi connectivity index (χ4n) is 4.51. The van der Waals surface area contributed by atoms with Crippen LogP contribution >= 0.6 is 0 Å². The van der Waals surface area contributed by atoms with Gasteiger partial charge in [-0.25, -0.2) is 9.59 Å². The van der Waals surface area contributed by atoms with E-state index in [1.54, 1.807) is 40.9 Å². The van der Waals surface area contributed by atoms with Gasteiger partial charge < -0.3 is 19.8 Å². The first kappa shape index (κ1) is 24.0. The smallest absolute Gasteiger partial charge is 0.340 e. The van der Waals surface area contributed by atoms with Crippen molar-refractivity contribution >= 4 is 34.5 Å². The predicted octanol–water partition coefficient (Wildman–Crippen LogP) is 3.62. The highest BCUT2D eigenvalue weighted by atomic mass is 16.5. The van der Waals surface area contributed by atoms with Gasteiger partial charge in [0, 0.05) is 11.4 Å². The number of aromatic nitrogens is 1. The number of fused-ring (bicyclic) bond motifs is 1. The molecule has 3 amide bonds. The molecule has 0 radical (unpaired) electrons. The molecule has 0 bridgehead atoms. The minimum absolute atomic E-state index is 0.120. The van der Waals surface area contributed by atoms with Gasteiger partial charge in [0.15, 0.2) is 5.78 Å². The van der Waals surface area contributed by atoms with Gasteiger partial charge in [-0.2, -0.15) is 0 Å². The van der Waals surface area contributed by atoms with Gasteiger partial charge in [0.25, 0.3) is 5.91 Å². The lowest BCUT2D eigenvalue weighted by Gasteiger charge is -2.22. The first-order valence-electron chi connectivity index (χ1n) is 11.2. The van der Waals surface area contributed by atoms with Crippen molar-refractivity contribution in [2.45, 2.75) is 33.2 Å². The van der Waals surface area contributed by atoms with Crippen LogP contribution in [0.3, 0.4) is 0 Å². The van der Waals surface area contributed by atoms with Crippen LogP contribution in [0.15, 0.2) is 36.4 Å². The van der Waals surface area contributed by atoms with E-state index in [9.17, 15) is 19.2 Å². The second-order valence-electron chi connectivity index (χ2n) is 8.64. The number of esters is 1. The number of hydrogen-bond donors (Lipinski definition) is 2. The quantitative estimate of drug-likeness (QED) is 0.305. The van der Waals surface area contributed by atoms with Crippen LogP contribution in [0.25, 0.3) is 10.8 Å². The van der Waals surface area contributed by atoms with Gasteiger partial charge >= 0.3 is 12.0 Å². The molecule has 35 heavy (non-hydrogen) atoms. The maximum atomic E-state index is 13.4. The molecule has 3 aromatic rings. The number of nitrogens with zero attached hydrogens (tertiary/aromatic N) is 1. The number of carbonyl (C=O) groups is 4. The van der Waals surface area contributed by atoms with E-state index in [4.69, 9.17) is 9.47 Å². The maximum absolute atomic E-state index is 13.4. The van der Waals surface area contributed by atoms with Crippen molar-refractivity contribution in [1.82, 2.24) is 15.2 Å². The van der Waals surface area contributed by atoms with Crippen molar-refractivity contribution in [2.75, 3.05) is 20.3 Å². The molecule has 0 spiro atoms. The largest absolute Gasteiger partial charge is 0.497 e. The van der Waals surface area contributed by atoms with Crippen molar-refractivity contribution < 1.29 is 28.7 Å². The summed E-state index contributed by atoms with van der Waals surface area (Å²) in [4.78, 5) is 55.8. The van der Waals surface area contributed by atoms with E-state index in [1.165, 1.54) is 0 Å². The topological polar surface area (TPSA) is 118 Å². The van der Waals surface area contributed by atoms with Gasteiger partial charge in [0.05, 0.1) is 31.4 Å². The van der Waals surface area contributed by atoms with Crippen LogP contribution < -0.4 is 10.1 Å². The third kappa shape index (κ3) is 4.03. The number of carbonyl (C=O) groups excluding carboxylic acids is 4. The zero-order chi connectivity index (χ0) is 25.5. The van der Waals surface area contributed by atoms with Crippen LogP contribution in [-0.4, -0.2) is 53.8 Å². The van der Waals surface area contributed by atoms with Gasteiger partial charge in [-0.3, -0.25) is 14.5 Å². The lowest BCUT2D eigenvalue weighted by molar-refractivity contribution is -0.130. The molecule has 182 valence electrons. The van der Waals surface area contributed by atoms with E-state index in [-0.39, 0.29) is 17.7 Å². The van der Waals surface area contributed by atoms with Crippen LogP contribution in [0, 0.1) is 13.8 Å².